The lowest BCUT2D eigenvalue weighted by atomic mass is 10.2. The summed E-state index contributed by atoms with van der Waals surface area (Å²) < 4.78 is 31.7. The lowest BCUT2D eigenvalue weighted by molar-refractivity contribution is -0.143. The molecule has 0 aliphatic heterocycles. The van der Waals surface area contributed by atoms with Crippen molar-refractivity contribution in [3.05, 3.63) is 51.6 Å². The highest BCUT2D eigenvalue weighted by molar-refractivity contribution is 7.90. The number of nitrogens with zero attached hydrogens (tertiary/aromatic N) is 3. The monoisotopic (exact) mass is 392 g/mol. The zero-order valence-corrected chi connectivity index (χ0v) is 15.3. The third-order valence-electron chi connectivity index (χ3n) is 3.83. The molecule has 0 unspecified atom stereocenters. The van der Waals surface area contributed by atoms with Gasteiger partial charge in [0, 0.05) is 18.6 Å². The van der Waals surface area contributed by atoms with Gasteiger partial charge in [-0.1, -0.05) is 0 Å². The molecule has 1 N–H and O–H groups in total. The van der Waals surface area contributed by atoms with E-state index in [9.17, 15) is 22.8 Å². The van der Waals surface area contributed by atoms with Crippen molar-refractivity contribution in [2.45, 2.75) is 18.4 Å². The quantitative estimate of drug-likeness (QED) is 0.471. The molecule has 2 aromatic heterocycles. The summed E-state index contributed by atoms with van der Waals surface area (Å²) in [6.07, 6.45) is 5.43. The number of fused-ring (bicyclic) bond motifs is 1. The number of hydrogen-bond acceptors (Lipinski definition) is 7. The van der Waals surface area contributed by atoms with Gasteiger partial charge in [0.05, 0.1) is 34.6 Å². The number of imidazole rings is 1. The molecule has 142 valence electrons. The van der Waals surface area contributed by atoms with Gasteiger partial charge in [0.15, 0.2) is 9.84 Å². The van der Waals surface area contributed by atoms with Crippen molar-refractivity contribution >= 4 is 26.8 Å². The maximum absolute atomic E-state index is 12.3. The predicted octanol–water partition coefficient (Wildman–Crippen LogP) is -0.158. The van der Waals surface area contributed by atoms with Crippen LogP contribution in [0.3, 0.4) is 0 Å². The number of hydrogen-bond donors (Lipinski definition) is 1. The summed E-state index contributed by atoms with van der Waals surface area (Å²) in [6.45, 7) is 1.26. The summed E-state index contributed by atoms with van der Waals surface area (Å²) in [5, 5.41) is 0. The molecule has 27 heavy (non-hydrogen) atoms. The number of esters is 1. The first kappa shape index (κ1) is 18.6. The average Bonchev–Trinajstić information content (AvgIpc) is 3.12. The maximum atomic E-state index is 12.3. The fourth-order valence-corrected chi connectivity index (χ4v) is 3.56. The van der Waals surface area contributed by atoms with Crippen molar-refractivity contribution in [1.82, 2.24) is 19.1 Å². The van der Waals surface area contributed by atoms with Crippen molar-refractivity contribution < 1.29 is 17.9 Å². The first-order valence-electron chi connectivity index (χ1n) is 7.87. The van der Waals surface area contributed by atoms with Gasteiger partial charge in [0.25, 0.3) is 0 Å². The first-order chi connectivity index (χ1) is 12.7. The van der Waals surface area contributed by atoms with Crippen molar-refractivity contribution in [1.29, 1.82) is 0 Å². The van der Waals surface area contributed by atoms with Crippen LogP contribution in [0.25, 0.3) is 16.7 Å². The van der Waals surface area contributed by atoms with Gasteiger partial charge in [0.1, 0.15) is 6.54 Å². The molecule has 3 rings (SSSR count). The third kappa shape index (κ3) is 3.53. The van der Waals surface area contributed by atoms with Crippen molar-refractivity contribution in [2.24, 2.45) is 0 Å². The maximum Gasteiger partial charge on any atom is 0.326 e. The fourth-order valence-electron chi connectivity index (χ4n) is 2.68. The molecular weight excluding hydrogens is 376 g/mol. The van der Waals surface area contributed by atoms with E-state index in [2.05, 4.69) is 9.97 Å². The molecule has 0 amide bonds. The minimum absolute atomic E-state index is 0.0648. The summed E-state index contributed by atoms with van der Waals surface area (Å²) in [4.78, 5) is 42.3. The Morgan fingerprint density at radius 3 is 2.63 bits per heavy atom. The SMILES string of the molecule is CCOC(=O)Cn1c(=O)c(=O)[nH]c2cc(S(C)(=O)=O)c(-n3ccnc3)cc21. The number of aromatic amines is 1. The van der Waals surface area contributed by atoms with E-state index in [4.69, 9.17) is 4.74 Å². The predicted molar refractivity (Wildman–Crippen MR) is 95.7 cm³/mol. The van der Waals surface area contributed by atoms with Gasteiger partial charge >= 0.3 is 17.1 Å². The summed E-state index contributed by atoms with van der Waals surface area (Å²) in [6, 6.07) is 2.66. The van der Waals surface area contributed by atoms with E-state index < -0.39 is 33.5 Å². The van der Waals surface area contributed by atoms with Gasteiger partial charge < -0.3 is 14.3 Å². The number of benzene rings is 1. The molecule has 0 aliphatic carbocycles. The number of sulfone groups is 1. The number of nitrogens with one attached hydrogen (secondary N) is 1. The number of ether oxygens (including phenoxy) is 1. The second-order valence-corrected chi connectivity index (χ2v) is 7.71. The van der Waals surface area contributed by atoms with E-state index in [1.54, 1.807) is 6.92 Å². The highest BCUT2D eigenvalue weighted by Crippen LogP contribution is 2.25. The van der Waals surface area contributed by atoms with Crippen LogP contribution in [0.4, 0.5) is 0 Å². The minimum atomic E-state index is -3.67. The number of carbonyl (C=O) groups excluding carboxylic acids is 1. The van der Waals surface area contributed by atoms with Gasteiger partial charge in [-0.25, -0.2) is 13.4 Å². The van der Waals surface area contributed by atoms with Crippen LogP contribution in [0.1, 0.15) is 6.92 Å². The number of H-pyrrole nitrogens is 1. The average molecular weight is 392 g/mol. The molecular formula is C16H16N4O6S. The number of carbonyl (C=O) groups is 1. The molecule has 0 atom stereocenters. The molecule has 2 heterocycles. The van der Waals surface area contributed by atoms with E-state index in [-0.39, 0.29) is 28.2 Å². The number of aromatic nitrogens is 4. The largest absolute Gasteiger partial charge is 0.465 e. The van der Waals surface area contributed by atoms with Gasteiger partial charge in [0.2, 0.25) is 0 Å². The standard InChI is InChI=1S/C16H16N4O6S/c1-3-26-14(21)8-20-11-7-12(19-5-4-17-9-19)13(27(2,24)25)6-10(11)18-15(22)16(20)23/h4-7,9H,3,8H2,1-2H3,(H,18,22). The summed E-state index contributed by atoms with van der Waals surface area (Å²) >= 11 is 0. The molecule has 0 saturated carbocycles. The molecule has 0 aliphatic rings. The molecule has 3 aromatic rings. The van der Waals surface area contributed by atoms with E-state index >= 15 is 0 Å². The zero-order valence-electron chi connectivity index (χ0n) is 14.5. The van der Waals surface area contributed by atoms with Crippen LogP contribution < -0.4 is 11.1 Å². The normalized spacial score (nSPS) is 11.6. The van der Waals surface area contributed by atoms with E-state index in [1.807, 2.05) is 0 Å². The van der Waals surface area contributed by atoms with Crippen molar-refractivity contribution in [2.75, 3.05) is 12.9 Å². The third-order valence-corrected chi connectivity index (χ3v) is 4.96. The summed E-state index contributed by atoms with van der Waals surface area (Å²) in [5.41, 5.74) is -1.40. The molecule has 0 bridgehead atoms. The van der Waals surface area contributed by atoms with Gasteiger partial charge in [-0.2, -0.15) is 0 Å². The van der Waals surface area contributed by atoms with Crippen LogP contribution >= 0.6 is 0 Å². The minimum Gasteiger partial charge on any atom is -0.465 e. The molecule has 0 radical (unpaired) electrons. The van der Waals surface area contributed by atoms with Crippen molar-refractivity contribution in [3.63, 3.8) is 0 Å². The Hall–Kier alpha value is -3.21. The van der Waals surface area contributed by atoms with E-state index in [1.165, 1.54) is 35.4 Å². The Bertz CT molecular complexity index is 1240. The Morgan fingerprint density at radius 2 is 2.04 bits per heavy atom. The molecule has 10 nitrogen and oxygen atoms in total. The first-order valence-corrected chi connectivity index (χ1v) is 9.76. The molecule has 1 aromatic carbocycles. The van der Waals surface area contributed by atoms with Gasteiger partial charge in [-0.15, -0.1) is 0 Å². The second kappa shape index (κ2) is 6.83. The zero-order chi connectivity index (χ0) is 19.8. The molecule has 11 heteroatoms. The smallest absolute Gasteiger partial charge is 0.326 e. The highest BCUT2D eigenvalue weighted by Gasteiger charge is 2.20. The highest BCUT2D eigenvalue weighted by atomic mass is 32.2. The summed E-state index contributed by atoms with van der Waals surface area (Å²) in [5.74, 6) is -0.692. The molecule has 0 fully saturated rings. The van der Waals surface area contributed by atoms with Crippen LogP contribution in [0.2, 0.25) is 0 Å². The van der Waals surface area contributed by atoms with E-state index in [0.717, 1.165) is 10.8 Å². The topological polar surface area (TPSA) is 133 Å². The van der Waals surface area contributed by atoms with Crippen molar-refractivity contribution in [3.8, 4) is 5.69 Å². The van der Waals surface area contributed by atoms with E-state index in [0.29, 0.717) is 0 Å². The Morgan fingerprint density at radius 1 is 1.30 bits per heavy atom. The van der Waals surface area contributed by atoms with Crippen LogP contribution in [-0.2, 0) is 25.9 Å². The van der Waals surface area contributed by atoms with Crippen LogP contribution in [0, 0.1) is 0 Å². The second-order valence-electron chi connectivity index (χ2n) is 5.73. The van der Waals surface area contributed by atoms with Crippen LogP contribution in [0.15, 0.2) is 45.3 Å². The lowest BCUT2D eigenvalue weighted by Crippen LogP contribution is -2.38. The van der Waals surface area contributed by atoms with Crippen LogP contribution in [-0.4, -0.2) is 46.4 Å². The Labute approximate surface area is 153 Å². The molecule has 0 spiro atoms. The Balaban J connectivity index is 2.38. The lowest BCUT2D eigenvalue weighted by Gasteiger charge is -2.14. The summed E-state index contributed by atoms with van der Waals surface area (Å²) in [7, 11) is -3.67. The fraction of sp³-hybridized carbons (Fsp3) is 0.250. The van der Waals surface area contributed by atoms with Gasteiger partial charge in [-0.3, -0.25) is 19.0 Å². The van der Waals surface area contributed by atoms with Crippen LogP contribution in [0.5, 0.6) is 0 Å². The number of rotatable bonds is 5. The molecule has 0 saturated heterocycles. The Kier molecular flexibility index (Phi) is 4.70. The van der Waals surface area contributed by atoms with Gasteiger partial charge in [-0.05, 0) is 19.1 Å².